The van der Waals surface area contributed by atoms with Crippen LogP contribution in [0.25, 0.3) is 6.08 Å². The molecule has 1 spiro atoms. The number of benzene rings is 2. The Bertz CT molecular complexity index is 1510. The molecule has 44 heavy (non-hydrogen) atoms. The molecule has 4 N–H and O–H groups in total. The molecule has 0 radical (unpaired) electrons. The molecule has 2 aromatic rings. The minimum Gasteiger partial charge on any atom is -0.480 e. The number of carboxylic acids is 4. The monoisotopic (exact) mass is 612 g/mol. The molecule has 0 aliphatic carbocycles. The number of rotatable bonds is 14. The van der Waals surface area contributed by atoms with Gasteiger partial charge in [0.05, 0.1) is 36.5 Å². The number of nitro groups is 1. The fourth-order valence-corrected chi connectivity index (χ4v) is 5.90. The minimum atomic E-state index is -1.29. The number of fused-ring (bicyclic) bond motifs is 2. The molecule has 0 saturated carbocycles. The van der Waals surface area contributed by atoms with Gasteiger partial charge < -0.3 is 30.1 Å². The van der Waals surface area contributed by atoms with Crippen molar-refractivity contribution in [3.05, 3.63) is 69.3 Å². The summed E-state index contributed by atoms with van der Waals surface area (Å²) >= 11 is 0. The summed E-state index contributed by atoms with van der Waals surface area (Å²) in [5.41, 5.74) is -0.227. The largest absolute Gasteiger partial charge is 0.480 e. The zero-order valence-corrected chi connectivity index (χ0v) is 24.0. The van der Waals surface area contributed by atoms with Crippen molar-refractivity contribution in [2.75, 3.05) is 44.2 Å². The predicted molar refractivity (Wildman–Crippen MR) is 155 cm³/mol. The van der Waals surface area contributed by atoms with E-state index in [4.69, 9.17) is 4.74 Å². The summed E-state index contributed by atoms with van der Waals surface area (Å²) in [6.45, 7) is 1.45. The molecule has 1 unspecified atom stereocenters. The summed E-state index contributed by atoms with van der Waals surface area (Å²) in [6, 6.07) is 9.97. The van der Waals surface area contributed by atoms with E-state index in [0.29, 0.717) is 5.56 Å². The summed E-state index contributed by atoms with van der Waals surface area (Å²) in [4.78, 5) is 61.3. The minimum absolute atomic E-state index is 0.0347. The van der Waals surface area contributed by atoms with Crippen molar-refractivity contribution in [2.45, 2.75) is 31.5 Å². The molecule has 0 bridgehead atoms. The van der Waals surface area contributed by atoms with Crippen molar-refractivity contribution in [1.82, 2.24) is 9.80 Å². The average molecular weight is 613 g/mol. The number of non-ortho nitro benzene ring substituents is 1. The summed E-state index contributed by atoms with van der Waals surface area (Å²) in [5, 5.41) is 49.2. The molecule has 2 aromatic carbocycles. The first-order valence-electron chi connectivity index (χ1n) is 13.5. The fourth-order valence-electron chi connectivity index (χ4n) is 5.90. The van der Waals surface area contributed by atoms with Crippen LogP contribution in [0.2, 0.25) is 0 Å². The molecule has 4 rings (SSSR count). The van der Waals surface area contributed by atoms with Gasteiger partial charge in [0.25, 0.3) is 5.69 Å². The number of aliphatic carboxylic acids is 4. The quantitative estimate of drug-likeness (QED) is 0.177. The third-order valence-corrected chi connectivity index (χ3v) is 7.77. The molecule has 1 atom stereocenters. The summed E-state index contributed by atoms with van der Waals surface area (Å²) in [6.07, 6.45) is 3.40. The zero-order valence-electron chi connectivity index (χ0n) is 24.0. The standard InChI is InChI=1S/C29H32N4O11/c1-28(2)21-5-3-4-6-22(21)32(10-9-30(14-23(34)35)15-24(36)37)29(28)8-7-18-11-20(33(42)43)12-19(27(18)44-29)13-31(16-25(38)39)17-26(40)41/h3-8,11-12H,9-10,13-17H2,1-2H3,(H,34,35)(H,36,37)(H,38,39)(H,40,41). The lowest BCUT2D eigenvalue weighted by molar-refractivity contribution is -0.385. The van der Waals surface area contributed by atoms with E-state index in [-0.39, 0.29) is 36.6 Å². The maximum absolute atomic E-state index is 11.8. The van der Waals surface area contributed by atoms with Crippen LogP contribution in [0.3, 0.4) is 0 Å². The third kappa shape index (κ3) is 6.33. The Hall–Kier alpha value is -5.02. The van der Waals surface area contributed by atoms with E-state index in [9.17, 15) is 49.7 Å². The van der Waals surface area contributed by atoms with Crippen LogP contribution in [0.1, 0.15) is 30.5 Å². The first-order valence-corrected chi connectivity index (χ1v) is 13.5. The molecule has 2 heterocycles. The van der Waals surface area contributed by atoms with E-state index in [2.05, 4.69) is 0 Å². The number of hydrogen-bond acceptors (Lipinski definition) is 10. The van der Waals surface area contributed by atoms with Gasteiger partial charge in [0, 0.05) is 48.6 Å². The molecule has 0 amide bonds. The Morgan fingerprint density at radius 3 is 2.05 bits per heavy atom. The van der Waals surface area contributed by atoms with Crippen LogP contribution in [0.15, 0.2) is 42.5 Å². The molecule has 2 aliphatic heterocycles. The van der Waals surface area contributed by atoms with E-state index in [1.807, 2.05) is 43.0 Å². The molecule has 0 fully saturated rings. The Labute approximate surface area is 251 Å². The number of hydrogen-bond donors (Lipinski definition) is 4. The lowest BCUT2D eigenvalue weighted by Gasteiger charge is -2.48. The molecule has 2 aliphatic rings. The van der Waals surface area contributed by atoms with Crippen LogP contribution in [0.4, 0.5) is 11.4 Å². The van der Waals surface area contributed by atoms with Gasteiger partial charge in [-0.2, -0.15) is 0 Å². The number of para-hydroxylation sites is 1. The second-order valence-corrected chi connectivity index (χ2v) is 11.1. The maximum Gasteiger partial charge on any atom is 0.317 e. The molecular formula is C29H32N4O11. The van der Waals surface area contributed by atoms with Gasteiger partial charge in [-0.3, -0.25) is 39.1 Å². The van der Waals surface area contributed by atoms with Crippen LogP contribution >= 0.6 is 0 Å². The van der Waals surface area contributed by atoms with Crippen molar-refractivity contribution in [1.29, 1.82) is 0 Å². The van der Waals surface area contributed by atoms with E-state index in [0.717, 1.165) is 16.2 Å². The number of carboxylic acid groups (broad SMARTS) is 4. The smallest absolute Gasteiger partial charge is 0.317 e. The topological polar surface area (TPSA) is 211 Å². The zero-order chi connectivity index (χ0) is 32.4. The highest BCUT2D eigenvalue weighted by Crippen LogP contribution is 2.55. The molecular weight excluding hydrogens is 580 g/mol. The highest BCUT2D eigenvalue weighted by Gasteiger charge is 2.59. The fraction of sp³-hybridized carbons (Fsp3) is 0.379. The van der Waals surface area contributed by atoms with Crippen LogP contribution < -0.4 is 9.64 Å². The Morgan fingerprint density at radius 1 is 0.909 bits per heavy atom. The highest BCUT2D eigenvalue weighted by atomic mass is 16.6. The summed E-state index contributed by atoms with van der Waals surface area (Å²) in [5.74, 6) is -4.76. The number of nitrogens with zero attached hydrogens (tertiary/aromatic N) is 4. The van der Waals surface area contributed by atoms with E-state index < -0.39 is 66.1 Å². The maximum atomic E-state index is 11.8. The van der Waals surface area contributed by atoms with Gasteiger partial charge >= 0.3 is 23.9 Å². The van der Waals surface area contributed by atoms with Crippen molar-refractivity contribution < 1.29 is 49.3 Å². The third-order valence-electron chi connectivity index (χ3n) is 7.77. The van der Waals surface area contributed by atoms with Gasteiger partial charge in [0.1, 0.15) is 5.75 Å². The van der Waals surface area contributed by atoms with Crippen LogP contribution in [0, 0.1) is 10.1 Å². The second kappa shape index (κ2) is 12.3. The number of carbonyl (C=O) groups is 4. The van der Waals surface area contributed by atoms with Gasteiger partial charge in [-0.15, -0.1) is 0 Å². The van der Waals surface area contributed by atoms with Crippen molar-refractivity contribution >= 4 is 41.3 Å². The summed E-state index contributed by atoms with van der Waals surface area (Å²) < 4.78 is 6.81. The Kier molecular flexibility index (Phi) is 8.92. The summed E-state index contributed by atoms with van der Waals surface area (Å²) in [7, 11) is 0. The van der Waals surface area contributed by atoms with Crippen molar-refractivity contribution in [2.24, 2.45) is 0 Å². The molecule has 0 aromatic heterocycles. The predicted octanol–water partition coefficient (Wildman–Crippen LogP) is 1.94. The SMILES string of the molecule is CC1(C)c2ccccc2N(CCN(CC(=O)O)CC(=O)O)C12C=Cc1cc([N+](=O)[O-])cc(CN(CC(=O)O)CC(=O)O)c1O2. The molecule has 15 heteroatoms. The van der Waals surface area contributed by atoms with Crippen LogP contribution in [0.5, 0.6) is 5.75 Å². The van der Waals surface area contributed by atoms with Crippen LogP contribution in [-0.4, -0.2) is 104 Å². The van der Waals surface area contributed by atoms with E-state index in [1.165, 1.54) is 17.0 Å². The Morgan fingerprint density at radius 2 is 1.48 bits per heavy atom. The van der Waals surface area contributed by atoms with Crippen LogP contribution in [-0.2, 0) is 31.1 Å². The number of ether oxygens (including phenoxy) is 1. The first-order chi connectivity index (χ1) is 20.6. The van der Waals surface area contributed by atoms with Crippen molar-refractivity contribution in [3.63, 3.8) is 0 Å². The normalized spacial score (nSPS) is 17.8. The van der Waals surface area contributed by atoms with Crippen molar-refractivity contribution in [3.8, 4) is 5.75 Å². The van der Waals surface area contributed by atoms with Gasteiger partial charge in [-0.25, -0.2) is 0 Å². The number of anilines is 1. The van der Waals surface area contributed by atoms with Gasteiger partial charge in [-0.1, -0.05) is 18.2 Å². The van der Waals surface area contributed by atoms with Gasteiger partial charge in [-0.05, 0) is 37.6 Å². The van der Waals surface area contributed by atoms with E-state index in [1.54, 1.807) is 12.2 Å². The average Bonchev–Trinajstić information content (AvgIpc) is 3.08. The second-order valence-electron chi connectivity index (χ2n) is 11.1. The number of nitro benzene ring substituents is 1. The molecule has 234 valence electrons. The van der Waals surface area contributed by atoms with E-state index >= 15 is 0 Å². The van der Waals surface area contributed by atoms with Gasteiger partial charge in [0.15, 0.2) is 0 Å². The van der Waals surface area contributed by atoms with Gasteiger partial charge in [0.2, 0.25) is 5.72 Å². The molecule has 0 saturated heterocycles. The molecule has 15 nitrogen and oxygen atoms in total. The Balaban J connectivity index is 1.81. The lowest BCUT2D eigenvalue weighted by atomic mass is 9.76. The highest BCUT2D eigenvalue weighted by molar-refractivity contribution is 5.76. The first kappa shape index (κ1) is 31.9. The lowest BCUT2D eigenvalue weighted by Crippen LogP contribution is -2.61.